The van der Waals surface area contributed by atoms with Crippen molar-refractivity contribution in [1.82, 2.24) is 14.1 Å². The maximum absolute atomic E-state index is 13.0. The summed E-state index contributed by atoms with van der Waals surface area (Å²) < 4.78 is 7.45. The molecule has 0 saturated carbocycles. The van der Waals surface area contributed by atoms with Crippen LogP contribution in [0.5, 0.6) is 0 Å². The van der Waals surface area contributed by atoms with Gasteiger partial charge in [0, 0.05) is 18.5 Å². The first-order valence-corrected chi connectivity index (χ1v) is 9.86. The number of hydrogen-bond acceptors (Lipinski definition) is 7. The molecule has 0 amide bonds. The molecule has 0 aliphatic carbocycles. The standard InChI is InChI=1S/C22H23N3O6/c1-13-10-23-15(9-16(13)14-5-3-2-4-6-14)11-25-18(27)7-8-24(22(25)30)21-20(29)19(28)17(12-26)31-21/h2-10,17,19-21,26,28-29H,11-12H2,1H3/t17-,19+,20?,21-/m1/s1. The minimum atomic E-state index is -1.43. The zero-order valence-electron chi connectivity index (χ0n) is 16.8. The van der Waals surface area contributed by atoms with Gasteiger partial charge in [-0.05, 0) is 29.7 Å². The molecule has 1 aliphatic rings. The normalized spacial score (nSPS) is 23.2. The van der Waals surface area contributed by atoms with Crippen LogP contribution in [0.1, 0.15) is 17.5 Å². The van der Waals surface area contributed by atoms with Gasteiger partial charge in [-0.25, -0.2) is 4.79 Å². The summed E-state index contributed by atoms with van der Waals surface area (Å²) in [5, 5.41) is 29.5. The molecular formula is C22H23N3O6. The van der Waals surface area contributed by atoms with Crippen molar-refractivity contribution in [3.63, 3.8) is 0 Å². The van der Waals surface area contributed by atoms with Gasteiger partial charge in [-0.3, -0.25) is 18.9 Å². The Bertz CT molecular complexity index is 1190. The maximum Gasteiger partial charge on any atom is 0.333 e. The Hall–Kier alpha value is -3.11. The Morgan fingerprint density at radius 1 is 1.10 bits per heavy atom. The summed E-state index contributed by atoms with van der Waals surface area (Å²) in [6.07, 6.45) is -2.13. The second-order valence-corrected chi connectivity index (χ2v) is 7.52. The van der Waals surface area contributed by atoms with Crippen molar-refractivity contribution in [3.05, 3.63) is 87.0 Å². The molecule has 3 heterocycles. The zero-order chi connectivity index (χ0) is 22.1. The highest BCUT2D eigenvalue weighted by molar-refractivity contribution is 5.66. The highest BCUT2D eigenvalue weighted by Crippen LogP contribution is 2.28. The monoisotopic (exact) mass is 425 g/mol. The minimum absolute atomic E-state index is 0.0760. The predicted octanol–water partition coefficient (Wildman–Crippen LogP) is 0.0402. The van der Waals surface area contributed by atoms with Gasteiger partial charge in [0.25, 0.3) is 5.56 Å². The van der Waals surface area contributed by atoms with E-state index in [-0.39, 0.29) is 6.54 Å². The van der Waals surface area contributed by atoms with Gasteiger partial charge < -0.3 is 20.1 Å². The van der Waals surface area contributed by atoms with Crippen molar-refractivity contribution >= 4 is 0 Å². The molecule has 162 valence electrons. The summed E-state index contributed by atoms with van der Waals surface area (Å²) in [6.45, 7) is 1.34. The van der Waals surface area contributed by atoms with Crippen molar-refractivity contribution < 1.29 is 20.1 Å². The van der Waals surface area contributed by atoms with Gasteiger partial charge in [0.15, 0.2) is 6.23 Å². The average molecular weight is 425 g/mol. The molecule has 0 bridgehead atoms. The first-order chi connectivity index (χ1) is 14.9. The predicted molar refractivity (Wildman–Crippen MR) is 111 cm³/mol. The second kappa shape index (κ2) is 8.56. The number of aryl methyl sites for hydroxylation is 1. The van der Waals surface area contributed by atoms with E-state index in [1.54, 1.807) is 6.20 Å². The molecule has 31 heavy (non-hydrogen) atoms. The fraction of sp³-hybridized carbons (Fsp3) is 0.318. The van der Waals surface area contributed by atoms with Crippen LogP contribution in [0, 0.1) is 6.92 Å². The molecule has 4 atom stereocenters. The van der Waals surface area contributed by atoms with Crippen molar-refractivity contribution in [2.45, 2.75) is 38.0 Å². The molecule has 0 radical (unpaired) electrons. The molecule has 1 aliphatic heterocycles. The van der Waals surface area contributed by atoms with Crippen LogP contribution < -0.4 is 11.2 Å². The first-order valence-electron chi connectivity index (χ1n) is 9.86. The zero-order valence-corrected chi connectivity index (χ0v) is 16.8. The molecule has 1 saturated heterocycles. The van der Waals surface area contributed by atoms with E-state index < -0.39 is 42.4 Å². The van der Waals surface area contributed by atoms with Gasteiger partial charge in [-0.1, -0.05) is 30.3 Å². The summed E-state index contributed by atoms with van der Waals surface area (Å²) in [4.78, 5) is 29.8. The SMILES string of the molecule is Cc1cnc(Cn2c(=O)ccn([C@@H]3O[C@H](CO)[C@H](O)C3O)c2=O)cc1-c1ccccc1. The number of ether oxygens (including phenoxy) is 1. The molecule has 0 spiro atoms. The first kappa shape index (κ1) is 21.1. The molecule has 3 aromatic rings. The Kier molecular flexibility index (Phi) is 5.84. The van der Waals surface area contributed by atoms with Crippen LogP contribution in [0.4, 0.5) is 0 Å². The van der Waals surface area contributed by atoms with Gasteiger partial charge in [0.1, 0.15) is 18.3 Å². The van der Waals surface area contributed by atoms with Crippen molar-refractivity contribution in [2.24, 2.45) is 0 Å². The fourth-order valence-corrected chi connectivity index (χ4v) is 3.72. The van der Waals surface area contributed by atoms with Crippen molar-refractivity contribution in [2.75, 3.05) is 6.61 Å². The van der Waals surface area contributed by atoms with Crippen LogP contribution in [0.15, 0.2) is 64.4 Å². The highest BCUT2D eigenvalue weighted by atomic mass is 16.6. The highest BCUT2D eigenvalue weighted by Gasteiger charge is 2.43. The van der Waals surface area contributed by atoms with E-state index >= 15 is 0 Å². The van der Waals surface area contributed by atoms with Gasteiger partial charge >= 0.3 is 5.69 Å². The number of aromatic nitrogens is 3. The molecular weight excluding hydrogens is 402 g/mol. The maximum atomic E-state index is 13.0. The lowest BCUT2D eigenvalue weighted by molar-refractivity contribution is -0.0555. The van der Waals surface area contributed by atoms with Crippen molar-refractivity contribution in [1.29, 1.82) is 0 Å². The minimum Gasteiger partial charge on any atom is -0.394 e. The molecule has 2 aromatic heterocycles. The van der Waals surface area contributed by atoms with Gasteiger partial charge in [0.2, 0.25) is 0 Å². The number of aliphatic hydroxyl groups excluding tert-OH is 3. The van der Waals surface area contributed by atoms with E-state index in [9.17, 15) is 24.9 Å². The lowest BCUT2D eigenvalue weighted by atomic mass is 10.0. The summed E-state index contributed by atoms with van der Waals surface area (Å²) in [5.41, 5.74) is 2.16. The molecule has 1 aromatic carbocycles. The van der Waals surface area contributed by atoms with Crippen molar-refractivity contribution in [3.8, 4) is 11.1 Å². The molecule has 1 fully saturated rings. The third-order valence-corrected chi connectivity index (χ3v) is 5.45. The lowest BCUT2D eigenvalue weighted by Gasteiger charge is -2.18. The van der Waals surface area contributed by atoms with Crippen LogP contribution in [0.3, 0.4) is 0 Å². The molecule has 1 unspecified atom stereocenters. The number of pyridine rings is 1. The Labute approximate surface area is 177 Å². The third kappa shape index (κ3) is 3.96. The fourth-order valence-electron chi connectivity index (χ4n) is 3.72. The van der Waals surface area contributed by atoms with E-state index in [2.05, 4.69) is 4.98 Å². The molecule has 3 N–H and O–H groups in total. The average Bonchev–Trinajstić information content (AvgIpc) is 3.07. The largest absolute Gasteiger partial charge is 0.394 e. The Balaban J connectivity index is 1.70. The lowest BCUT2D eigenvalue weighted by Crippen LogP contribution is -2.43. The van der Waals surface area contributed by atoms with E-state index in [1.807, 2.05) is 43.3 Å². The topological polar surface area (TPSA) is 127 Å². The van der Waals surface area contributed by atoms with Crippen LogP contribution in [0.2, 0.25) is 0 Å². The molecule has 4 rings (SSSR count). The smallest absolute Gasteiger partial charge is 0.333 e. The summed E-state index contributed by atoms with van der Waals surface area (Å²) in [6, 6.07) is 12.7. The van der Waals surface area contributed by atoms with Crippen LogP contribution >= 0.6 is 0 Å². The van der Waals surface area contributed by atoms with Crippen LogP contribution in [-0.4, -0.2) is 54.4 Å². The molecule has 9 nitrogen and oxygen atoms in total. The van der Waals surface area contributed by atoms with Crippen LogP contribution in [0.25, 0.3) is 11.1 Å². The Morgan fingerprint density at radius 2 is 1.84 bits per heavy atom. The van der Waals surface area contributed by atoms with Gasteiger partial charge in [-0.15, -0.1) is 0 Å². The number of nitrogens with zero attached hydrogens (tertiary/aromatic N) is 3. The molecule has 9 heteroatoms. The Morgan fingerprint density at radius 3 is 2.52 bits per heavy atom. The summed E-state index contributed by atoms with van der Waals surface area (Å²) in [7, 11) is 0. The van der Waals surface area contributed by atoms with E-state index in [0.717, 1.165) is 25.8 Å². The van der Waals surface area contributed by atoms with Gasteiger partial charge in [-0.2, -0.15) is 0 Å². The number of benzene rings is 1. The number of hydrogen-bond donors (Lipinski definition) is 3. The third-order valence-electron chi connectivity index (χ3n) is 5.45. The summed E-state index contributed by atoms with van der Waals surface area (Å²) >= 11 is 0. The number of aliphatic hydroxyl groups is 3. The van der Waals surface area contributed by atoms with Crippen LogP contribution in [-0.2, 0) is 11.3 Å². The second-order valence-electron chi connectivity index (χ2n) is 7.52. The quantitative estimate of drug-likeness (QED) is 0.527. The van der Waals surface area contributed by atoms with E-state index in [0.29, 0.717) is 5.69 Å². The number of rotatable bonds is 5. The summed E-state index contributed by atoms with van der Waals surface area (Å²) in [5.74, 6) is 0. The van der Waals surface area contributed by atoms with Gasteiger partial charge in [0.05, 0.1) is 18.8 Å². The van der Waals surface area contributed by atoms with E-state index in [1.165, 1.54) is 12.3 Å². The van der Waals surface area contributed by atoms with E-state index in [4.69, 9.17) is 4.74 Å².